The number of ether oxygens (including phenoxy) is 2. The van der Waals surface area contributed by atoms with Gasteiger partial charge in [0.15, 0.2) is 5.84 Å². The molecule has 3 aromatic rings. The molecular weight excluding hydrogens is 506 g/mol. The maximum atomic E-state index is 13.3. The third kappa shape index (κ3) is 7.97. The monoisotopic (exact) mass is 539 g/mol. The van der Waals surface area contributed by atoms with E-state index < -0.39 is 6.09 Å². The lowest BCUT2D eigenvalue weighted by Crippen LogP contribution is -2.49. The van der Waals surface area contributed by atoms with E-state index in [9.17, 15) is 14.8 Å². The predicted octanol–water partition coefficient (Wildman–Crippen LogP) is 1.68. The SMILES string of the molecule is O=C(O)NCCOCCOCCN1CCN(C(=O)c2ccc3[nH]nc(C(=Nc4ccccc4)NO)c3c2)CC1. The fourth-order valence-corrected chi connectivity index (χ4v) is 4.19. The Hall–Kier alpha value is -4.04. The summed E-state index contributed by atoms with van der Waals surface area (Å²) in [6, 6.07) is 14.6. The van der Waals surface area contributed by atoms with Crippen molar-refractivity contribution in [2.75, 3.05) is 65.7 Å². The van der Waals surface area contributed by atoms with Crippen LogP contribution in [-0.4, -0.2) is 114 Å². The molecule has 1 saturated heterocycles. The van der Waals surface area contributed by atoms with Crippen LogP contribution in [0.2, 0.25) is 0 Å². The number of aliphatic imine (C=N–C) groups is 1. The first-order chi connectivity index (χ1) is 19.0. The first-order valence-corrected chi connectivity index (χ1v) is 12.7. The number of fused-ring (bicyclic) bond motifs is 1. The molecule has 13 heteroatoms. The second-order valence-electron chi connectivity index (χ2n) is 8.83. The van der Waals surface area contributed by atoms with Gasteiger partial charge in [0.2, 0.25) is 0 Å². The van der Waals surface area contributed by atoms with Crippen LogP contribution in [0, 0.1) is 0 Å². The average Bonchev–Trinajstić information content (AvgIpc) is 3.38. The van der Waals surface area contributed by atoms with Crippen LogP contribution in [0.1, 0.15) is 16.1 Å². The number of nitrogens with zero attached hydrogens (tertiary/aromatic N) is 4. The van der Waals surface area contributed by atoms with Crippen molar-refractivity contribution in [3.8, 4) is 0 Å². The minimum Gasteiger partial charge on any atom is -0.465 e. The summed E-state index contributed by atoms with van der Waals surface area (Å²) in [6.07, 6.45) is -1.07. The number of amidine groups is 1. The zero-order valence-electron chi connectivity index (χ0n) is 21.5. The number of hydrogen-bond donors (Lipinski definition) is 5. The molecule has 0 aliphatic carbocycles. The highest BCUT2D eigenvalue weighted by Crippen LogP contribution is 2.21. The molecule has 5 N–H and O–H groups in total. The van der Waals surface area contributed by atoms with Gasteiger partial charge >= 0.3 is 6.09 Å². The number of carboxylic acid groups (broad SMARTS) is 1. The van der Waals surface area contributed by atoms with Crippen LogP contribution < -0.4 is 10.8 Å². The first-order valence-electron chi connectivity index (χ1n) is 12.7. The molecular formula is C26H33N7O6. The minimum absolute atomic E-state index is 0.0620. The highest BCUT2D eigenvalue weighted by atomic mass is 16.5. The van der Waals surface area contributed by atoms with Crippen LogP contribution in [0.4, 0.5) is 10.5 Å². The molecule has 1 aromatic heterocycles. The molecule has 0 bridgehead atoms. The Morgan fingerprint density at radius 1 is 1.00 bits per heavy atom. The highest BCUT2D eigenvalue weighted by molar-refractivity contribution is 6.09. The number of H-pyrrole nitrogens is 1. The Kier molecular flexibility index (Phi) is 10.2. The summed E-state index contributed by atoms with van der Waals surface area (Å²) in [5.41, 5.74) is 4.46. The Balaban J connectivity index is 1.26. The lowest BCUT2D eigenvalue weighted by atomic mass is 10.1. The zero-order valence-corrected chi connectivity index (χ0v) is 21.5. The normalized spacial score (nSPS) is 14.5. The van der Waals surface area contributed by atoms with Gasteiger partial charge in [-0.15, -0.1) is 0 Å². The van der Waals surface area contributed by atoms with Crippen molar-refractivity contribution in [3.63, 3.8) is 0 Å². The van der Waals surface area contributed by atoms with Gasteiger partial charge in [-0.3, -0.25) is 25.5 Å². The molecule has 4 rings (SSSR count). The largest absolute Gasteiger partial charge is 0.465 e. The highest BCUT2D eigenvalue weighted by Gasteiger charge is 2.23. The lowest BCUT2D eigenvalue weighted by Gasteiger charge is -2.34. The number of hydrogen-bond acceptors (Lipinski definition) is 8. The maximum Gasteiger partial charge on any atom is 0.404 e. The van der Waals surface area contributed by atoms with Crippen LogP contribution >= 0.6 is 0 Å². The Bertz CT molecular complexity index is 1260. The van der Waals surface area contributed by atoms with E-state index in [1.165, 1.54) is 0 Å². The molecule has 0 radical (unpaired) electrons. The fourth-order valence-electron chi connectivity index (χ4n) is 4.19. The summed E-state index contributed by atoms with van der Waals surface area (Å²) in [5.74, 6) is 0.114. The summed E-state index contributed by atoms with van der Waals surface area (Å²) in [6.45, 7) is 5.40. The average molecular weight is 540 g/mol. The molecule has 1 aliphatic heterocycles. The summed E-state index contributed by atoms with van der Waals surface area (Å²) in [5, 5.41) is 28.4. The summed E-state index contributed by atoms with van der Waals surface area (Å²) in [4.78, 5) is 32.1. The molecule has 0 atom stereocenters. The van der Waals surface area contributed by atoms with Gasteiger partial charge in [-0.05, 0) is 30.3 Å². The number of amides is 2. The minimum atomic E-state index is -1.07. The number of benzene rings is 2. The van der Waals surface area contributed by atoms with Gasteiger partial charge < -0.3 is 24.8 Å². The van der Waals surface area contributed by atoms with E-state index in [4.69, 9.17) is 14.6 Å². The molecule has 1 fully saturated rings. The molecule has 2 amide bonds. The number of nitrogens with one attached hydrogen (secondary N) is 3. The number of rotatable bonds is 12. The van der Waals surface area contributed by atoms with Gasteiger partial charge in [0.05, 0.1) is 37.6 Å². The molecule has 208 valence electrons. The number of aromatic nitrogens is 2. The Labute approximate surface area is 225 Å². The molecule has 2 heterocycles. The quantitative estimate of drug-likeness (QED) is 0.0996. The van der Waals surface area contributed by atoms with Crippen LogP contribution in [0.5, 0.6) is 0 Å². The van der Waals surface area contributed by atoms with Gasteiger partial charge in [0.1, 0.15) is 5.69 Å². The van der Waals surface area contributed by atoms with Crippen LogP contribution in [0.25, 0.3) is 10.9 Å². The van der Waals surface area contributed by atoms with E-state index in [1.807, 2.05) is 35.2 Å². The third-order valence-electron chi connectivity index (χ3n) is 6.24. The molecule has 1 aliphatic rings. The number of para-hydroxylation sites is 1. The zero-order chi connectivity index (χ0) is 27.5. The van der Waals surface area contributed by atoms with Crippen molar-refractivity contribution < 1.29 is 29.4 Å². The van der Waals surface area contributed by atoms with E-state index in [2.05, 4.69) is 30.9 Å². The number of piperazine rings is 1. The van der Waals surface area contributed by atoms with Gasteiger partial charge in [-0.25, -0.2) is 9.79 Å². The second kappa shape index (κ2) is 14.2. The van der Waals surface area contributed by atoms with Crippen LogP contribution in [0.15, 0.2) is 53.5 Å². The van der Waals surface area contributed by atoms with Gasteiger partial charge in [-0.2, -0.15) is 5.10 Å². The molecule has 13 nitrogen and oxygen atoms in total. The van der Waals surface area contributed by atoms with E-state index in [0.29, 0.717) is 61.8 Å². The van der Waals surface area contributed by atoms with Crippen molar-refractivity contribution in [1.82, 2.24) is 30.8 Å². The van der Waals surface area contributed by atoms with Crippen molar-refractivity contribution in [2.45, 2.75) is 0 Å². The Morgan fingerprint density at radius 3 is 2.46 bits per heavy atom. The lowest BCUT2D eigenvalue weighted by molar-refractivity contribution is 0.0314. The van der Waals surface area contributed by atoms with Crippen molar-refractivity contribution in [1.29, 1.82) is 0 Å². The van der Waals surface area contributed by atoms with Crippen LogP contribution in [-0.2, 0) is 9.47 Å². The van der Waals surface area contributed by atoms with Crippen molar-refractivity contribution >= 4 is 34.4 Å². The van der Waals surface area contributed by atoms with E-state index >= 15 is 0 Å². The topological polar surface area (TPSA) is 165 Å². The predicted molar refractivity (Wildman–Crippen MR) is 144 cm³/mol. The molecule has 0 unspecified atom stereocenters. The van der Waals surface area contributed by atoms with Crippen LogP contribution in [0.3, 0.4) is 0 Å². The van der Waals surface area contributed by atoms with E-state index in [-0.39, 0.29) is 18.3 Å². The standard InChI is InChI=1S/C26H33N7O6/c34-25(33-11-9-32(10-12-33)13-15-39-17-16-38-14-8-27-26(35)36)19-6-7-22-21(18-19)23(30-29-22)24(31-37)28-20-4-2-1-3-5-20/h1-7,18,27,37H,8-17H2,(H,28,31)(H,29,30)(H,35,36). The molecule has 39 heavy (non-hydrogen) atoms. The number of aromatic amines is 1. The van der Waals surface area contributed by atoms with Gasteiger partial charge in [-0.1, -0.05) is 18.2 Å². The number of hydroxylamine groups is 1. The van der Waals surface area contributed by atoms with Crippen molar-refractivity contribution in [3.05, 3.63) is 59.8 Å². The summed E-state index contributed by atoms with van der Waals surface area (Å²) >= 11 is 0. The third-order valence-corrected chi connectivity index (χ3v) is 6.24. The number of carbonyl (C=O) groups is 2. The molecule has 2 aromatic carbocycles. The van der Waals surface area contributed by atoms with E-state index in [1.54, 1.807) is 18.2 Å². The van der Waals surface area contributed by atoms with Gasteiger partial charge in [0, 0.05) is 50.2 Å². The number of carbonyl (C=O) groups excluding carboxylic acids is 1. The maximum absolute atomic E-state index is 13.3. The fraction of sp³-hybridized carbons (Fsp3) is 0.385. The van der Waals surface area contributed by atoms with E-state index in [0.717, 1.165) is 25.2 Å². The molecule has 0 saturated carbocycles. The van der Waals surface area contributed by atoms with Gasteiger partial charge in [0.25, 0.3) is 5.91 Å². The summed E-state index contributed by atoms with van der Waals surface area (Å²) in [7, 11) is 0. The first kappa shape index (κ1) is 28.0. The molecule has 0 spiro atoms. The smallest absolute Gasteiger partial charge is 0.404 e. The second-order valence-corrected chi connectivity index (χ2v) is 8.83. The van der Waals surface area contributed by atoms with Crippen molar-refractivity contribution in [2.24, 2.45) is 4.99 Å². The summed E-state index contributed by atoms with van der Waals surface area (Å²) < 4.78 is 10.9. The Morgan fingerprint density at radius 2 is 1.74 bits per heavy atom.